The minimum absolute atomic E-state index is 0.126. The molecule has 0 fully saturated rings. The Morgan fingerprint density at radius 3 is 1.88 bits per heavy atom. The Hall–Kier alpha value is -2.13. The highest BCUT2D eigenvalue weighted by atomic mass is 16.1. The molecule has 2 aromatic rings. The van der Waals surface area contributed by atoms with Gasteiger partial charge in [-0.15, -0.1) is 0 Å². The SMILES string of the molecule is Cc1ccc2c(c1)CCc1cc(C)ccc1C2(C[C@H](C)N)C(N)=O. The van der Waals surface area contributed by atoms with Crippen molar-refractivity contribution in [1.82, 2.24) is 0 Å². The normalized spacial score (nSPS) is 16.7. The maximum absolute atomic E-state index is 12.8. The number of hydrogen-bond acceptors (Lipinski definition) is 2. The van der Waals surface area contributed by atoms with Crippen LogP contribution >= 0.6 is 0 Å². The molecule has 24 heavy (non-hydrogen) atoms. The molecule has 0 unspecified atom stereocenters. The van der Waals surface area contributed by atoms with Gasteiger partial charge in [-0.3, -0.25) is 4.79 Å². The van der Waals surface area contributed by atoms with E-state index in [2.05, 4.69) is 50.2 Å². The Morgan fingerprint density at radius 1 is 1.04 bits per heavy atom. The summed E-state index contributed by atoms with van der Waals surface area (Å²) in [6, 6.07) is 12.5. The molecule has 4 N–H and O–H groups in total. The van der Waals surface area contributed by atoms with Crippen LogP contribution in [0.3, 0.4) is 0 Å². The molecule has 1 atom stereocenters. The average molecular weight is 322 g/mol. The Kier molecular flexibility index (Phi) is 4.22. The van der Waals surface area contributed by atoms with E-state index in [1.165, 1.54) is 22.3 Å². The summed E-state index contributed by atoms with van der Waals surface area (Å²) in [7, 11) is 0. The van der Waals surface area contributed by atoms with Crippen molar-refractivity contribution in [2.75, 3.05) is 0 Å². The lowest BCUT2D eigenvalue weighted by molar-refractivity contribution is -0.122. The molecule has 0 bridgehead atoms. The summed E-state index contributed by atoms with van der Waals surface area (Å²) in [6.07, 6.45) is 2.36. The van der Waals surface area contributed by atoms with E-state index in [1.54, 1.807) is 0 Å². The van der Waals surface area contributed by atoms with Crippen LogP contribution in [0.2, 0.25) is 0 Å². The quantitative estimate of drug-likeness (QED) is 0.912. The summed E-state index contributed by atoms with van der Waals surface area (Å²) in [5.41, 5.74) is 18.2. The molecular formula is C21H26N2O. The van der Waals surface area contributed by atoms with E-state index in [-0.39, 0.29) is 11.9 Å². The van der Waals surface area contributed by atoms with E-state index in [0.29, 0.717) is 6.42 Å². The van der Waals surface area contributed by atoms with E-state index in [4.69, 9.17) is 11.5 Å². The van der Waals surface area contributed by atoms with Crippen molar-refractivity contribution in [1.29, 1.82) is 0 Å². The van der Waals surface area contributed by atoms with Gasteiger partial charge in [-0.05, 0) is 62.3 Å². The minimum Gasteiger partial charge on any atom is -0.369 e. The Bertz CT molecular complexity index is 739. The minimum atomic E-state index is -0.850. The predicted molar refractivity (Wildman–Crippen MR) is 98.0 cm³/mol. The lowest BCUT2D eigenvalue weighted by Gasteiger charge is -2.35. The second kappa shape index (κ2) is 6.06. The molecule has 2 aromatic carbocycles. The van der Waals surface area contributed by atoms with Gasteiger partial charge in [0.1, 0.15) is 5.41 Å². The molecule has 0 saturated carbocycles. The molecule has 0 heterocycles. The van der Waals surface area contributed by atoms with Gasteiger partial charge in [0.25, 0.3) is 0 Å². The number of carbonyl (C=O) groups excluding carboxylic acids is 1. The van der Waals surface area contributed by atoms with Gasteiger partial charge in [0.15, 0.2) is 0 Å². The fourth-order valence-corrected chi connectivity index (χ4v) is 4.17. The first-order chi connectivity index (χ1) is 11.3. The van der Waals surface area contributed by atoms with Gasteiger partial charge < -0.3 is 11.5 Å². The number of primary amides is 1. The second-order valence-electron chi connectivity index (χ2n) is 7.27. The highest BCUT2D eigenvalue weighted by Crippen LogP contribution is 2.43. The van der Waals surface area contributed by atoms with Gasteiger partial charge in [-0.25, -0.2) is 0 Å². The van der Waals surface area contributed by atoms with Crippen LogP contribution in [0.25, 0.3) is 0 Å². The molecule has 0 radical (unpaired) electrons. The molecule has 3 nitrogen and oxygen atoms in total. The highest BCUT2D eigenvalue weighted by molar-refractivity contribution is 5.92. The predicted octanol–water partition coefficient (Wildman–Crippen LogP) is 2.91. The fraction of sp³-hybridized carbons (Fsp3) is 0.381. The molecule has 126 valence electrons. The zero-order valence-corrected chi connectivity index (χ0v) is 14.7. The summed E-state index contributed by atoms with van der Waals surface area (Å²) >= 11 is 0. The van der Waals surface area contributed by atoms with Gasteiger partial charge >= 0.3 is 0 Å². The van der Waals surface area contributed by atoms with Crippen LogP contribution in [-0.4, -0.2) is 11.9 Å². The molecule has 0 aromatic heterocycles. The van der Waals surface area contributed by atoms with E-state index in [0.717, 1.165) is 24.0 Å². The monoisotopic (exact) mass is 322 g/mol. The van der Waals surface area contributed by atoms with Gasteiger partial charge in [0.2, 0.25) is 5.91 Å². The molecular weight excluding hydrogens is 296 g/mol. The topological polar surface area (TPSA) is 69.1 Å². The van der Waals surface area contributed by atoms with Crippen molar-refractivity contribution in [3.63, 3.8) is 0 Å². The van der Waals surface area contributed by atoms with Crippen LogP contribution in [0.15, 0.2) is 36.4 Å². The van der Waals surface area contributed by atoms with Gasteiger partial charge in [-0.1, -0.05) is 47.5 Å². The third kappa shape index (κ3) is 2.63. The van der Waals surface area contributed by atoms with Crippen LogP contribution in [0.5, 0.6) is 0 Å². The zero-order chi connectivity index (χ0) is 17.5. The highest BCUT2D eigenvalue weighted by Gasteiger charge is 2.44. The van der Waals surface area contributed by atoms with E-state index in [9.17, 15) is 4.79 Å². The molecule has 1 aliphatic rings. The molecule has 1 aliphatic carbocycles. The van der Waals surface area contributed by atoms with Crippen molar-refractivity contribution in [3.05, 3.63) is 69.8 Å². The zero-order valence-electron chi connectivity index (χ0n) is 14.7. The number of nitrogens with two attached hydrogens (primary N) is 2. The lowest BCUT2D eigenvalue weighted by Crippen LogP contribution is -2.46. The molecule has 0 aliphatic heterocycles. The van der Waals surface area contributed by atoms with Gasteiger partial charge in [0.05, 0.1) is 0 Å². The first-order valence-electron chi connectivity index (χ1n) is 8.60. The van der Waals surface area contributed by atoms with Gasteiger partial charge in [0, 0.05) is 6.04 Å². The molecule has 1 amide bonds. The largest absolute Gasteiger partial charge is 0.369 e. The number of fused-ring (bicyclic) bond motifs is 2. The van der Waals surface area contributed by atoms with Crippen LogP contribution in [0.4, 0.5) is 0 Å². The lowest BCUT2D eigenvalue weighted by atomic mass is 9.68. The Labute approximate surface area is 144 Å². The van der Waals surface area contributed by atoms with Crippen molar-refractivity contribution in [2.24, 2.45) is 11.5 Å². The fourth-order valence-electron chi connectivity index (χ4n) is 4.17. The molecule has 0 spiro atoms. The van der Waals surface area contributed by atoms with E-state index >= 15 is 0 Å². The maximum atomic E-state index is 12.8. The molecule has 3 heteroatoms. The van der Waals surface area contributed by atoms with E-state index in [1.807, 2.05) is 6.92 Å². The van der Waals surface area contributed by atoms with Crippen molar-refractivity contribution in [2.45, 2.75) is 51.5 Å². The van der Waals surface area contributed by atoms with Crippen LogP contribution in [0, 0.1) is 13.8 Å². The molecule has 3 rings (SSSR count). The second-order valence-corrected chi connectivity index (χ2v) is 7.27. The first kappa shape index (κ1) is 16.7. The average Bonchev–Trinajstić information content (AvgIpc) is 2.62. The summed E-state index contributed by atoms with van der Waals surface area (Å²) in [5, 5.41) is 0. The van der Waals surface area contributed by atoms with Crippen molar-refractivity contribution < 1.29 is 4.79 Å². The Morgan fingerprint density at radius 2 is 1.50 bits per heavy atom. The van der Waals surface area contributed by atoms with Crippen LogP contribution in [-0.2, 0) is 23.1 Å². The summed E-state index contributed by atoms with van der Waals surface area (Å²) in [4.78, 5) is 12.8. The van der Waals surface area contributed by atoms with Crippen molar-refractivity contribution in [3.8, 4) is 0 Å². The maximum Gasteiger partial charge on any atom is 0.232 e. The standard InChI is InChI=1S/C21H26N2O/c1-13-4-8-18-16(10-13)6-7-17-11-14(2)5-9-19(17)21(18,20(23)24)12-15(3)22/h4-5,8-11,15H,6-7,12,22H2,1-3H3,(H2,23,24)/t15-/m0/s1. The van der Waals surface area contributed by atoms with Crippen molar-refractivity contribution >= 4 is 5.91 Å². The third-order valence-corrected chi connectivity index (χ3v) is 5.15. The number of aryl methyl sites for hydroxylation is 4. The number of benzene rings is 2. The first-order valence-corrected chi connectivity index (χ1v) is 8.60. The van der Waals surface area contributed by atoms with Crippen LogP contribution in [0.1, 0.15) is 46.7 Å². The Balaban J connectivity index is 2.37. The number of amides is 1. The summed E-state index contributed by atoms with van der Waals surface area (Å²) < 4.78 is 0. The molecule has 0 saturated heterocycles. The van der Waals surface area contributed by atoms with Gasteiger partial charge in [-0.2, -0.15) is 0 Å². The third-order valence-electron chi connectivity index (χ3n) is 5.15. The smallest absolute Gasteiger partial charge is 0.232 e. The number of rotatable bonds is 3. The summed E-state index contributed by atoms with van der Waals surface area (Å²) in [6.45, 7) is 6.11. The number of hydrogen-bond donors (Lipinski definition) is 2. The van der Waals surface area contributed by atoms with Crippen LogP contribution < -0.4 is 11.5 Å². The van der Waals surface area contributed by atoms with E-state index < -0.39 is 5.41 Å². The summed E-state index contributed by atoms with van der Waals surface area (Å²) in [5.74, 6) is -0.308. The number of carbonyl (C=O) groups is 1.